The number of aromatic nitrogens is 2. The number of aliphatic hydroxyl groups is 3. The van der Waals surface area contributed by atoms with Gasteiger partial charge in [0, 0.05) is 11.8 Å². The van der Waals surface area contributed by atoms with Crippen LogP contribution in [0.15, 0.2) is 48.8 Å². The van der Waals surface area contributed by atoms with Gasteiger partial charge in [-0.15, -0.1) is 0 Å². The Labute approximate surface area is 178 Å². The molecule has 31 heavy (non-hydrogen) atoms. The Kier molecular flexibility index (Phi) is 6.54. The minimum Gasteiger partial charge on any atom is -0.394 e. The molecule has 0 aliphatic rings. The lowest BCUT2D eigenvalue weighted by Gasteiger charge is -2.26. The number of nitrogens with zero attached hydrogens (tertiary/aromatic N) is 2. The predicted octanol–water partition coefficient (Wildman–Crippen LogP) is 4.03. The number of hydrogen-bond acceptors (Lipinski definition) is 4. The van der Waals surface area contributed by atoms with Crippen molar-refractivity contribution in [3.8, 4) is 22.3 Å². The monoisotopic (exact) mass is 434 g/mol. The topological polar surface area (TPSA) is 78.5 Å². The Bertz CT molecular complexity index is 1050. The third-order valence-corrected chi connectivity index (χ3v) is 5.02. The molecule has 0 atom stereocenters. The quantitative estimate of drug-likeness (QED) is 0.525. The first kappa shape index (κ1) is 23.0. The lowest BCUT2D eigenvalue weighted by Crippen LogP contribution is -2.19. The van der Waals surface area contributed by atoms with E-state index in [9.17, 15) is 23.4 Å². The third kappa shape index (κ3) is 5.33. The summed E-state index contributed by atoms with van der Waals surface area (Å²) in [4.78, 5) is 0. The second kappa shape index (κ2) is 8.82. The Morgan fingerprint density at radius 1 is 1.00 bits per heavy atom. The first-order valence-corrected chi connectivity index (χ1v) is 9.83. The second-order valence-electron chi connectivity index (χ2n) is 7.94. The Balaban J connectivity index is 2.24. The van der Waals surface area contributed by atoms with Gasteiger partial charge < -0.3 is 15.3 Å². The smallest absolute Gasteiger partial charge is 0.393 e. The molecule has 8 heteroatoms. The summed E-state index contributed by atoms with van der Waals surface area (Å²) in [5.41, 5.74) is 1.55. The Morgan fingerprint density at radius 3 is 2.32 bits per heavy atom. The predicted molar refractivity (Wildman–Crippen MR) is 111 cm³/mol. The number of halogens is 3. The molecule has 3 N–H and O–H groups in total. The first-order valence-electron chi connectivity index (χ1n) is 9.83. The van der Waals surface area contributed by atoms with Crippen molar-refractivity contribution in [2.45, 2.75) is 45.2 Å². The number of aliphatic hydroxyl groups excluding tert-OH is 2. The molecule has 0 unspecified atom stereocenters. The van der Waals surface area contributed by atoms with Gasteiger partial charge in [-0.05, 0) is 59.4 Å². The van der Waals surface area contributed by atoms with Gasteiger partial charge in [-0.2, -0.15) is 18.3 Å². The van der Waals surface area contributed by atoms with Crippen LogP contribution >= 0.6 is 0 Å². The maximum atomic E-state index is 13.2. The minimum atomic E-state index is -4.40. The van der Waals surface area contributed by atoms with Crippen molar-refractivity contribution < 1.29 is 28.5 Å². The third-order valence-electron chi connectivity index (χ3n) is 5.02. The maximum Gasteiger partial charge on any atom is 0.393 e. The zero-order chi connectivity index (χ0) is 22.8. The summed E-state index contributed by atoms with van der Waals surface area (Å²) in [6.45, 7) is 2.93. The van der Waals surface area contributed by atoms with Crippen molar-refractivity contribution in [2.24, 2.45) is 0 Å². The fourth-order valence-electron chi connectivity index (χ4n) is 3.67. The van der Waals surface area contributed by atoms with Crippen LogP contribution in [0.3, 0.4) is 0 Å². The minimum absolute atomic E-state index is 0.0683. The van der Waals surface area contributed by atoms with Crippen LogP contribution in [-0.4, -0.2) is 37.9 Å². The fraction of sp³-hybridized carbons (Fsp3) is 0.348. The van der Waals surface area contributed by atoms with Crippen molar-refractivity contribution >= 4 is 0 Å². The van der Waals surface area contributed by atoms with Crippen LogP contribution in [0.25, 0.3) is 22.3 Å². The summed E-state index contributed by atoms with van der Waals surface area (Å²) in [7, 11) is 0. The molecule has 0 aliphatic carbocycles. The zero-order valence-electron chi connectivity index (χ0n) is 17.3. The van der Waals surface area contributed by atoms with E-state index >= 15 is 0 Å². The number of rotatable bonds is 7. The van der Waals surface area contributed by atoms with Gasteiger partial charge in [0.15, 0.2) is 0 Å². The molecule has 0 radical (unpaired) electrons. The lowest BCUT2D eigenvalue weighted by atomic mass is 9.82. The number of alkyl halides is 3. The van der Waals surface area contributed by atoms with E-state index in [0.717, 1.165) is 0 Å². The van der Waals surface area contributed by atoms with E-state index in [4.69, 9.17) is 5.11 Å². The number of benzene rings is 2. The molecule has 0 aliphatic heterocycles. The molecule has 0 saturated carbocycles. The zero-order valence-corrected chi connectivity index (χ0v) is 17.3. The molecule has 0 saturated heterocycles. The van der Waals surface area contributed by atoms with Crippen molar-refractivity contribution in [3.05, 3.63) is 65.5 Å². The SMILES string of the molecule is CC(C)(O)c1cc(-c2cnn(CCO)c2)cc(CO)c1-c1ccccc1CC(F)(F)F. The summed E-state index contributed by atoms with van der Waals surface area (Å²) in [6.07, 6.45) is -2.20. The molecule has 166 valence electrons. The van der Waals surface area contributed by atoms with Gasteiger partial charge in [-0.25, -0.2) is 0 Å². The van der Waals surface area contributed by atoms with E-state index in [0.29, 0.717) is 39.9 Å². The van der Waals surface area contributed by atoms with E-state index in [1.165, 1.54) is 12.1 Å². The van der Waals surface area contributed by atoms with Gasteiger partial charge in [-0.1, -0.05) is 24.3 Å². The molecule has 5 nitrogen and oxygen atoms in total. The number of hydrogen-bond donors (Lipinski definition) is 3. The van der Waals surface area contributed by atoms with E-state index in [1.807, 2.05) is 0 Å². The average molecular weight is 434 g/mol. The molecule has 0 bridgehead atoms. The maximum absolute atomic E-state index is 13.2. The summed E-state index contributed by atoms with van der Waals surface area (Å²) >= 11 is 0. The van der Waals surface area contributed by atoms with Crippen LogP contribution in [0.1, 0.15) is 30.5 Å². The second-order valence-corrected chi connectivity index (χ2v) is 7.94. The molecule has 3 aromatic rings. The summed E-state index contributed by atoms with van der Waals surface area (Å²) in [5.74, 6) is 0. The van der Waals surface area contributed by atoms with Crippen LogP contribution in [0, 0.1) is 0 Å². The molecule has 2 aromatic carbocycles. The van der Waals surface area contributed by atoms with Crippen molar-refractivity contribution in [1.29, 1.82) is 0 Å². The Hall–Kier alpha value is -2.68. The lowest BCUT2D eigenvalue weighted by molar-refractivity contribution is -0.127. The van der Waals surface area contributed by atoms with E-state index in [2.05, 4.69) is 5.10 Å². The highest BCUT2D eigenvalue weighted by atomic mass is 19.4. The molecular weight excluding hydrogens is 409 g/mol. The van der Waals surface area contributed by atoms with Crippen LogP contribution in [0.2, 0.25) is 0 Å². The summed E-state index contributed by atoms with van der Waals surface area (Å²) in [6, 6.07) is 9.55. The van der Waals surface area contributed by atoms with Gasteiger partial charge in [-0.3, -0.25) is 4.68 Å². The first-order chi connectivity index (χ1) is 14.5. The Morgan fingerprint density at radius 2 is 1.71 bits per heavy atom. The standard InChI is InChI=1S/C23H25F3N2O3/c1-22(2,31)20-10-16(18-12-27-28(13-18)7-8-29)9-17(14-30)21(20)19-6-4-3-5-15(19)11-23(24,25)26/h3-6,9-10,12-13,29-31H,7-8,11,14H2,1-2H3. The van der Waals surface area contributed by atoms with Gasteiger partial charge in [0.25, 0.3) is 0 Å². The highest BCUT2D eigenvalue weighted by Gasteiger charge is 2.31. The van der Waals surface area contributed by atoms with Crippen LogP contribution in [0.4, 0.5) is 13.2 Å². The highest BCUT2D eigenvalue weighted by molar-refractivity contribution is 5.79. The van der Waals surface area contributed by atoms with Crippen molar-refractivity contribution in [2.75, 3.05) is 6.61 Å². The van der Waals surface area contributed by atoms with Crippen LogP contribution < -0.4 is 0 Å². The van der Waals surface area contributed by atoms with E-state index in [1.54, 1.807) is 55.2 Å². The van der Waals surface area contributed by atoms with Gasteiger partial charge in [0.1, 0.15) is 0 Å². The normalized spacial score (nSPS) is 12.4. The molecule has 0 fully saturated rings. The average Bonchev–Trinajstić information content (AvgIpc) is 3.14. The van der Waals surface area contributed by atoms with Gasteiger partial charge >= 0.3 is 6.18 Å². The van der Waals surface area contributed by atoms with E-state index < -0.39 is 24.8 Å². The fourth-order valence-corrected chi connectivity index (χ4v) is 3.67. The molecular formula is C23H25F3N2O3. The largest absolute Gasteiger partial charge is 0.394 e. The molecule has 1 heterocycles. The molecule has 0 spiro atoms. The van der Waals surface area contributed by atoms with Gasteiger partial charge in [0.2, 0.25) is 0 Å². The van der Waals surface area contributed by atoms with Crippen LogP contribution in [0.5, 0.6) is 0 Å². The molecule has 0 amide bonds. The van der Waals surface area contributed by atoms with Crippen molar-refractivity contribution in [1.82, 2.24) is 9.78 Å². The summed E-state index contributed by atoms with van der Waals surface area (Å²) < 4.78 is 41.1. The summed E-state index contributed by atoms with van der Waals surface area (Å²) in [5, 5.41) is 34.2. The highest BCUT2D eigenvalue weighted by Crippen LogP contribution is 2.40. The van der Waals surface area contributed by atoms with Crippen molar-refractivity contribution in [3.63, 3.8) is 0 Å². The molecule has 3 rings (SSSR count). The molecule has 1 aromatic heterocycles. The van der Waals surface area contributed by atoms with E-state index in [-0.39, 0.29) is 12.2 Å². The van der Waals surface area contributed by atoms with Gasteiger partial charge in [0.05, 0.1) is 38.0 Å². The van der Waals surface area contributed by atoms with Crippen LogP contribution in [-0.2, 0) is 25.2 Å².